The fourth-order valence-electron chi connectivity index (χ4n) is 1.64. The molecule has 0 aromatic heterocycles. The topological polar surface area (TPSA) is 101 Å². The Balaban J connectivity index is -0.000000919. The van der Waals surface area contributed by atoms with Gasteiger partial charge in [0.05, 0.1) is 19.6 Å². The Kier molecular flexibility index (Phi) is 18.9. The highest BCUT2D eigenvalue weighted by molar-refractivity contribution is 5.83. The number of ketones is 3. The molecule has 0 aliphatic rings. The molecule has 0 saturated carbocycles. The molecular formula is C16H33N3O4. The fraction of sp³-hybridized carbons (Fsp3) is 0.750. The molecule has 23 heavy (non-hydrogen) atoms. The Morgan fingerprint density at radius 3 is 1.30 bits per heavy atom. The smallest absolute Gasteiger partial charge is 0.315 e. The van der Waals surface area contributed by atoms with Gasteiger partial charge < -0.3 is 10.6 Å². The number of urea groups is 1. The summed E-state index contributed by atoms with van der Waals surface area (Å²) in [4.78, 5) is 47.1. The molecule has 0 spiro atoms. The average Bonchev–Trinajstić information content (AvgIpc) is 2.45. The van der Waals surface area contributed by atoms with Crippen molar-refractivity contribution in [2.24, 2.45) is 5.73 Å². The number of hydrogen-bond donors (Lipinski definition) is 1. The minimum absolute atomic E-state index is 0.0662. The predicted octanol–water partition coefficient (Wildman–Crippen LogP) is 1.49. The van der Waals surface area contributed by atoms with Gasteiger partial charge in [-0.15, -0.1) is 0 Å². The second kappa shape index (κ2) is 16.6. The van der Waals surface area contributed by atoms with Crippen molar-refractivity contribution in [2.75, 3.05) is 32.7 Å². The number of rotatable bonds is 9. The van der Waals surface area contributed by atoms with Crippen molar-refractivity contribution in [3.63, 3.8) is 0 Å². The molecule has 0 fully saturated rings. The zero-order valence-corrected chi connectivity index (χ0v) is 15.6. The van der Waals surface area contributed by atoms with E-state index in [0.717, 1.165) is 0 Å². The molecule has 7 nitrogen and oxygen atoms in total. The molecule has 0 radical (unpaired) electrons. The lowest BCUT2D eigenvalue weighted by Gasteiger charge is -2.24. The maximum Gasteiger partial charge on any atom is 0.315 e. The number of hydrogen-bond acceptors (Lipinski definition) is 5. The quantitative estimate of drug-likeness (QED) is 0.690. The normalized spacial score (nSPS) is 9.04. The molecule has 7 heteroatoms. The first-order valence-electron chi connectivity index (χ1n) is 7.97. The van der Waals surface area contributed by atoms with Gasteiger partial charge in [0.1, 0.15) is 17.3 Å². The Bertz CT molecular complexity index is 354. The third-order valence-electron chi connectivity index (χ3n) is 2.30. The van der Waals surface area contributed by atoms with Crippen molar-refractivity contribution < 1.29 is 19.2 Å². The van der Waals surface area contributed by atoms with Crippen molar-refractivity contribution in [1.29, 1.82) is 0 Å². The highest BCUT2D eigenvalue weighted by atomic mass is 16.2. The van der Waals surface area contributed by atoms with Crippen molar-refractivity contribution in [3.8, 4) is 0 Å². The summed E-state index contributed by atoms with van der Waals surface area (Å²) in [7, 11) is 0. The van der Waals surface area contributed by atoms with Crippen LogP contribution in [-0.2, 0) is 14.4 Å². The average molecular weight is 331 g/mol. The van der Waals surface area contributed by atoms with Crippen LogP contribution in [0.2, 0.25) is 0 Å². The van der Waals surface area contributed by atoms with Crippen molar-refractivity contribution in [2.45, 2.75) is 48.5 Å². The van der Waals surface area contributed by atoms with Gasteiger partial charge in [-0.1, -0.05) is 27.7 Å². The number of carbonyl (C=O) groups excluding carboxylic acids is 4. The van der Waals surface area contributed by atoms with E-state index < -0.39 is 6.03 Å². The highest BCUT2D eigenvalue weighted by Crippen LogP contribution is 1.95. The summed E-state index contributed by atoms with van der Waals surface area (Å²) >= 11 is 0. The fourth-order valence-corrected chi connectivity index (χ4v) is 1.64. The van der Waals surface area contributed by atoms with Gasteiger partial charge in [0, 0.05) is 13.1 Å². The van der Waals surface area contributed by atoms with Crippen LogP contribution in [0, 0.1) is 0 Å². The van der Waals surface area contributed by atoms with Crippen LogP contribution in [-0.4, -0.2) is 65.9 Å². The lowest BCUT2D eigenvalue weighted by molar-refractivity contribution is -0.121. The standard InChI is InChI=1S/C12H21N3O4.2C2H6/c1-9(16)6-14(7-10(2)17)4-5-15(12(13)19)8-11(3)18;2*1-2/h4-8H2,1-3H3,(H2,13,19);2*1-2H3. The van der Waals surface area contributed by atoms with E-state index in [2.05, 4.69) is 0 Å². The molecule has 0 aromatic carbocycles. The number of carbonyl (C=O) groups is 4. The minimum atomic E-state index is -0.694. The molecular weight excluding hydrogens is 298 g/mol. The Labute approximate surface area is 140 Å². The van der Waals surface area contributed by atoms with Crippen LogP contribution in [0.5, 0.6) is 0 Å². The summed E-state index contributed by atoms with van der Waals surface area (Å²) in [6, 6.07) is -0.694. The number of nitrogens with zero attached hydrogens (tertiary/aromatic N) is 2. The van der Waals surface area contributed by atoms with Crippen LogP contribution in [0.25, 0.3) is 0 Å². The van der Waals surface area contributed by atoms with E-state index >= 15 is 0 Å². The Morgan fingerprint density at radius 1 is 0.696 bits per heavy atom. The molecule has 136 valence electrons. The number of amides is 2. The molecule has 0 heterocycles. The Morgan fingerprint density at radius 2 is 1.04 bits per heavy atom. The largest absolute Gasteiger partial charge is 0.351 e. The van der Waals surface area contributed by atoms with Crippen LogP contribution in [0.3, 0.4) is 0 Å². The molecule has 0 aliphatic carbocycles. The highest BCUT2D eigenvalue weighted by Gasteiger charge is 2.15. The van der Waals surface area contributed by atoms with Crippen LogP contribution < -0.4 is 5.73 Å². The third-order valence-corrected chi connectivity index (χ3v) is 2.30. The zero-order valence-electron chi connectivity index (χ0n) is 15.6. The van der Waals surface area contributed by atoms with Crippen molar-refractivity contribution >= 4 is 23.4 Å². The summed E-state index contributed by atoms with van der Waals surface area (Å²) < 4.78 is 0. The molecule has 0 atom stereocenters. The van der Waals surface area contributed by atoms with E-state index in [1.165, 1.54) is 25.7 Å². The summed E-state index contributed by atoms with van der Waals surface area (Å²) in [5.41, 5.74) is 5.16. The number of Topliss-reactive ketones (excluding diaryl/α,β-unsaturated/α-hetero) is 3. The van der Waals surface area contributed by atoms with Crippen LogP contribution in [0.15, 0.2) is 0 Å². The first-order chi connectivity index (χ1) is 10.7. The predicted molar refractivity (Wildman–Crippen MR) is 92.3 cm³/mol. The van der Waals surface area contributed by atoms with Gasteiger partial charge in [-0.25, -0.2) is 4.79 Å². The van der Waals surface area contributed by atoms with E-state index in [9.17, 15) is 19.2 Å². The van der Waals surface area contributed by atoms with E-state index in [1.807, 2.05) is 27.7 Å². The first kappa shape index (κ1) is 26.2. The molecule has 0 bridgehead atoms. The second-order valence-corrected chi connectivity index (χ2v) is 4.58. The van der Waals surface area contributed by atoms with Gasteiger partial charge in [0.2, 0.25) is 0 Å². The van der Waals surface area contributed by atoms with Crippen LogP contribution in [0.4, 0.5) is 4.79 Å². The van der Waals surface area contributed by atoms with E-state index in [4.69, 9.17) is 5.73 Å². The van der Waals surface area contributed by atoms with Crippen LogP contribution in [0.1, 0.15) is 48.5 Å². The first-order valence-corrected chi connectivity index (χ1v) is 7.97. The van der Waals surface area contributed by atoms with E-state index in [0.29, 0.717) is 6.54 Å². The van der Waals surface area contributed by atoms with Gasteiger partial charge in [-0.2, -0.15) is 0 Å². The van der Waals surface area contributed by atoms with Crippen molar-refractivity contribution in [1.82, 2.24) is 9.80 Å². The number of primary amides is 1. The molecule has 2 N–H and O–H groups in total. The van der Waals surface area contributed by atoms with Gasteiger partial charge in [0.15, 0.2) is 0 Å². The lowest BCUT2D eigenvalue weighted by Crippen LogP contribution is -2.45. The molecule has 2 amide bonds. The second-order valence-electron chi connectivity index (χ2n) is 4.58. The van der Waals surface area contributed by atoms with Crippen molar-refractivity contribution in [3.05, 3.63) is 0 Å². The van der Waals surface area contributed by atoms with Crippen LogP contribution >= 0.6 is 0 Å². The lowest BCUT2D eigenvalue weighted by atomic mass is 10.3. The summed E-state index contributed by atoms with van der Waals surface area (Å²) in [5, 5.41) is 0. The molecule has 0 unspecified atom stereocenters. The summed E-state index contributed by atoms with van der Waals surface area (Å²) in [6.07, 6.45) is 0. The van der Waals surface area contributed by atoms with Gasteiger partial charge in [-0.05, 0) is 20.8 Å². The zero-order chi connectivity index (χ0) is 19.0. The van der Waals surface area contributed by atoms with Gasteiger partial charge in [0.25, 0.3) is 0 Å². The minimum Gasteiger partial charge on any atom is -0.351 e. The SMILES string of the molecule is CC.CC.CC(=O)CN(CCN(CC(C)=O)C(N)=O)CC(C)=O. The molecule has 0 rings (SSSR count). The molecule has 0 saturated heterocycles. The third kappa shape index (κ3) is 18.2. The monoisotopic (exact) mass is 331 g/mol. The van der Waals surface area contributed by atoms with E-state index in [-0.39, 0.29) is 43.5 Å². The molecule has 0 aromatic rings. The summed E-state index contributed by atoms with van der Waals surface area (Å²) in [6.45, 7) is 12.9. The molecule has 0 aliphatic heterocycles. The maximum atomic E-state index is 11.1. The van der Waals surface area contributed by atoms with E-state index in [1.54, 1.807) is 4.90 Å². The van der Waals surface area contributed by atoms with Gasteiger partial charge in [-0.3, -0.25) is 19.3 Å². The summed E-state index contributed by atoms with van der Waals surface area (Å²) in [5.74, 6) is -0.319. The maximum absolute atomic E-state index is 11.1. The Hall–Kier alpha value is -1.76. The van der Waals surface area contributed by atoms with Gasteiger partial charge >= 0.3 is 6.03 Å². The number of nitrogens with two attached hydrogens (primary N) is 1.